The van der Waals surface area contributed by atoms with Gasteiger partial charge in [-0.25, -0.2) is 4.98 Å². The van der Waals surface area contributed by atoms with E-state index in [1.807, 2.05) is 13.8 Å². The third-order valence-electron chi connectivity index (χ3n) is 2.96. The molecule has 0 aromatic carbocycles. The van der Waals surface area contributed by atoms with E-state index >= 15 is 0 Å². The van der Waals surface area contributed by atoms with Gasteiger partial charge in [0.1, 0.15) is 5.82 Å². The van der Waals surface area contributed by atoms with Gasteiger partial charge in [-0.3, -0.25) is 4.79 Å². The summed E-state index contributed by atoms with van der Waals surface area (Å²) >= 11 is 0. The number of ether oxygens (including phenoxy) is 1. The number of hydrogen-bond acceptors (Lipinski definition) is 3. The second kappa shape index (κ2) is 5.35. The predicted octanol–water partition coefficient (Wildman–Crippen LogP) is 1.50. The van der Waals surface area contributed by atoms with Gasteiger partial charge in [-0.15, -0.1) is 0 Å². The third kappa shape index (κ3) is 3.70. The highest BCUT2D eigenvalue weighted by molar-refractivity contribution is 5.91. The van der Waals surface area contributed by atoms with Crippen molar-refractivity contribution in [1.29, 1.82) is 0 Å². The van der Waals surface area contributed by atoms with Crippen molar-refractivity contribution in [2.45, 2.75) is 38.3 Å². The lowest BCUT2D eigenvalue weighted by Gasteiger charge is -2.35. The molecule has 98 valence electrons. The Kier molecular flexibility index (Phi) is 3.81. The molecule has 1 aliphatic heterocycles. The summed E-state index contributed by atoms with van der Waals surface area (Å²) in [7, 11) is 0. The third-order valence-corrected chi connectivity index (χ3v) is 2.96. The van der Waals surface area contributed by atoms with Crippen molar-refractivity contribution < 1.29 is 9.53 Å². The number of carbonyl (C=O) groups is 1. The summed E-state index contributed by atoms with van der Waals surface area (Å²) in [5.74, 6) is 0.589. The molecule has 1 fully saturated rings. The van der Waals surface area contributed by atoms with Crippen LogP contribution in [0.4, 0.5) is 0 Å². The topological polar surface area (TPSA) is 67.0 Å². The van der Waals surface area contributed by atoms with Crippen LogP contribution >= 0.6 is 0 Å². The van der Waals surface area contributed by atoms with E-state index in [9.17, 15) is 4.79 Å². The van der Waals surface area contributed by atoms with E-state index in [0.717, 1.165) is 12.8 Å². The minimum absolute atomic E-state index is 0.0888. The molecule has 0 bridgehead atoms. The highest BCUT2D eigenvalue weighted by Crippen LogP contribution is 2.23. The molecular weight excluding hydrogens is 230 g/mol. The van der Waals surface area contributed by atoms with E-state index in [-0.39, 0.29) is 17.6 Å². The summed E-state index contributed by atoms with van der Waals surface area (Å²) in [6.45, 7) is 4.79. The van der Waals surface area contributed by atoms with Crippen LogP contribution in [0.2, 0.25) is 0 Å². The zero-order valence-electron chi connectivity index (χ0n) is 10.8. The Morgan fingerprint density at radius 1 is 1.67 bits per heavy atom. The van der Waals surface area contributed by atoms with Gasteiger partial charge in [0, 0.05) is 31.1 Å². The lowest BCUT2D eigenvalue weighted by molar-refractivity contribution is -0.119. The summed E-state index contributed by atoms with van der Waals surface area (Å²) in [6, 6.07) is 0.183. The highest BCUT2D eigenvalue weighted by atomic mass is 16.5. The normalized spacial score (nSPS) is 23.1. The number of aromatic nitrogens is 2. The van der Waals surface area contributed by atoms with Crippen LogP contribution in [0.25, 0.3) is 6.08 Å². The number of imidazole rings is 1. The fourth-order valence-electron chi connectivity index (χ4n) is 2.13. The highest BCUT2D eigenvalue weighted by Gasteiger charge is 2.29. The van der Waals surface area contributed by atoms with Crippen molar-refractivity contribution in [3.63, 3.8) is 0 Å². The molecule has 1 aliphatic rings. The van der Waals surface area contributed by atoms with Crippen LogP contribution in [-0.4, -0.2) is 34.1 Å². The SMILES string of the molecule is CC1(C)CC(NC(=O)/C=C/c2ncc[nH]2)CCO1. The Labute approximate surface area is 107 Å². The van der Waals surface area contributed by atoms with Crippen LogP contribution < -0.4 is 5.32 Å². The number of aromatic amines is 1. The maximum absolute atomic E-state index is 11.7. The van der Waals surface area contributed by atoms with E-state index in [2.05, 4.69) is 15.3 Å². The van der Waals surface area contributed by atoms with Crippen molar-refractivity contribution in [2.75, 3.05) is 6.61 Å². The molecule has 0 spiro atoms. The fourth-order valence-corrected chi connectivity index (χ4v) is 2.13. The molecule has 0 radical (unpaired) electrons. The summed E-state index contributed by atoms with van der Waals surface area (Å²) in [6.07, 6.45) is 8.25. The van der Waals surface area contributed by atoms with Gasteiger partial charge >= 0.3 is 0 Å². The summed E-state index contributed by atoms with van der Waals surface area (Å²) in [5.41, 5.74) is -0.152. The zero-order valence-corrected chi connectivity index (χ0v) is 10.8. The van der Waals surface area contributed by atoms with Crippen molar-refractivity contribution in [3.8, 4) is 0 Å². The maximum Gasteiger partial charge on any atom is 0.244 e. The van der Waals surface area contributed by atoms with E-state index < -0.39 is 0 Å². The van der Waals surface area contributed by atoms with Crippen LogP contribution in [0.3, 0.4) is 0 Å². The largest absolute Gasteiger partial charge is 0.375 e. The van der Waals surface area contributed by atoms with E-state index in [4.69, 9.17) is 4.74 Å². The van der Waals surface area contributed by atoms with Gasteiger partial charge in [0.25, 0.3) is 0 Å². The van der Waals surface area contributed by atoms with Crippen molar-refractivity contribution >= 4 is 12.0 Å². The molecular formula is C13H19N3O2. The van der Waals surface area contributed by atoms with Gasteiger partial charge < -0.3 is 15.0 Å². The van der Waals surface area contributed by atoms with Gasteiger partial charge in [-0.1, -0.05) is 0 Å². The van der Waals surface area contributed by atoms with Crippen molar-refractivity contribution in [2.24, 2.45) is 0 Å². The Morgan fingerprint density at radius 3 is 3.17 bits per heavy atom. The predicted molar refractivity (Wildman–Crippen MR) is 68.8 cm³/mol. The van der Waals surface area contributed by atoms with Crippen LogP contribution in [-0.2, 0) is 9.53 Å². The average Bonchev–Trinajstić information content (AvgIpc) is 2.77. The Hall–Kier alpha value is -1.62. The average molecular weight is 249 g/mol. The van der Waals surface area contributed by atoms with Crippen LogP contribution in [0.5, 0.6) is 0 Å². The van der Waals surface area contributed by atoms with E-state index in [1.54, 1.807) is 18.5 Å². The van der Waals surface area contributed by atoms with Crippen molar-refractivity contribution in [1.82, 2.24) is 15.3 Å². The molecule has 1 aromatic heterocycles. The molecule has 2 N–H and O–H groups in total. The first-order chi connectivity index (χ1) is 8.55. The molecule has 1 unspecified atom stereocenters. The molecule has 2 rings (SSSR count). The van der Waals surface area contributed by atoms with Gasteiger partial charge in [-0.05, 0) is 32.8 Å². The molecule has 2 heterocycles. The van der Waals surface area contributed by atoms with Gasteiger partial charge in [0.05, 0.1) is 5.60 Å². The molecule has 0 saturated carbocycles. The lowest BCUT2D eigenvalue weighted by atomic mass is 9.94. The number of nitrogens with zero attached hydrogens (tertiary/aromatic N) is 1. The number of nitrogens with one attached hydrogen (secondary N) is 2. The zero-order chi connectivity index (χ0) is 13.0. The summed E-state index contributed by atoms with van der Waals surface area (Å²) in [4.78, 5) is 18.7. The van der Waals surface area contributed by atoms with Crippen LogP contribution in [0.15, 0.2) is 18.5 Å². The minimum Gasteiger partial charge on any atom is -0.375 e. The fraction of sp³-hybridized carbons (Fsp3) is 0.538. The van der Waals surface area contributed by atoms with Crippen LogP contribution in [0.1, 0.15) is 32.5 Å². The van der Waals surface area contributed by atoms with Gasteiger partial charge in [-0.2, -0.15) is 0 Å². The number of H-pyrrole nitrogens is 1. The Bertz CT molecular complexity index is 423. The molecule has 18 heavy (non-hydrogen) atoms. The Balaban J connectivity index is 1.84. The molecule has 1 aromatic rings. The number of hydrogen-bond donors (Lipinski definition) is 2. The second-order valence-electron chi connectivity index (χ2n) is 5.11. The smallest absolute Gasteiger partial charge is 0.244 e. The molecule has 1 atom stereocenters. The molecule has 5 nitrogen and oxygen atoms in total. The quantitative estimate of drug-likeness (QED) is 0.798. The molecule has 5 heteroatoms. The van der Waals surface area contributed by atoms with E-state index in [0.29, 0.717) is 12.4 Å². The molecule has 0 aliphatic carbocycles. The summed E-state index contributed by atoms with van der Waals surface area (Å²) in [5, 5.41) is 2.99. The number of amides is 1. The first-order valence-electron chi connectivity index (χ1n) is 6.17. The number of carbonyl (C=O) groups excluding carboxylic acids is 1. The lowest BCUT2D eigenvalue weighted by Crippen LogP contribution is -2.45. The summed E-state index contributed by atoms with van der Waals surface area (Å²) < 4.78 is 5.61. The van der Waals surface area contributed by atoms with Gasteiger partial charge in [0.2, 0.25) is 5.91 Å². The Morgan fingerprint density at radius 2 is 2.50 bits per heavy atom. The standard InChI is InChI=1S/C13H19N3O2/c1-13(2)9-10(5-8-18-13)16-12(17)4-3-11-14-6-7-15-11/h3-4,6-7,10H,5,8-9H2,1-2H3,(H,14,15)(H,16,17)/b4-3+. The monoisotopic (exact) mass is 249 g/mol. The van der Waals surface area contributed by atoms with Crippen molar-refractivity contribution in [3.05, 3.63) is 24.3 Å². The minimum atomic E-state index is -0.152. The van der Waals surface area contributed by atoms with E-state index in [1.165, 1.54) is 6.08 Å². The number of rotatable bonds is 3. The maximum atomic E-state index is 11.7. The molecule has 1 amide bonds. The molecule has 1 saturated heterocycles. The second-order valence-corrected chi connectivity index (χ2v) is 5.11. The first-order valence-corrected chi connectivity index (χ1v) is 6.17. The van der Waals surface area contributed by atoms with Crippen LogP contribution in [0, 0.1) is 0 Å². The van der Waals surface area contributed by atoms with Gasteiger partial charge in [0.15, 0.2) is 0 Å². The first kappa shape index (κ1) is 12.8.